The lowest BCUT2D eigenvalue weighted by atomic mass is 10.1. The van der Waals surface area contributed by atoms with Gasteiger partial charge < -0.3 is 5.32 Å². The van der Waals surface area contributed by atoms with Gasteiger partial charge in [-0.3, -0.25) is 0 Å². The highest BCUT2D eigenvalue weighted by Gasteiger charge is 2.15. The van der Waals surface area contributed by atoms with Gasteiger partial charge in [0.05, 0.1) is 6.04 Å². The van der Waals surface area contributed by atoms with Crippen molar-refractivity contribution in [1.29, 1.82) is 0 Å². The molecule has 1 heterocycles. The monoisotopic (exact) mass is 305 g/mol. The molecule has 20 heavy (non-hydrogen) atoms. The van der Waals surface area contributed by atoms with Gasteiger partial charge in [0.2, 0.25) is 0 Å². The van der Waals surface area contributed by atoms with Gasteiger partial charge >= 0.3 is 0 Å². The van der Waals surface area contributed by atoms with Crippen LogP contribution in [0.2, 0.25) is 0 Å². The predicted molar refractivity (Wildman–Crippen MR) is 92.1 cm³/mol. The van der Waals surface area contributed by atoms with Gasteiger partial charge in [0.25, 0.3) is 0 Å². The van der Waals surface area contributed by atoms with E-state index in [9.17, 15) is 0 Å². The molecular weight excluding hydrogens is 282 g/mol. The van der Waals surface area contributed by atoms with Gasteiger partial charge in [0.15, 0.2) is 0 Å². The second-order valence-electron chi connectivity index (χ2n) is 4.82. The third-order valence-corrected chi connectivity index (χ3v) is 5.40. The van der Waals surface area contributed by atoms with Crippen LogP contribution in [0.15, 0.2) is 41.3 Å². The molecule has 1 atom stereocenters. The Kier molecular flexibility index (Phi) is 6.14. The summed E-state index contributed by atoms with van der Waals surface area (Å²) in [6, 6.07) is 13.8. The average Bonchev–Trinajstić information content (AvgIpc) is 2.97. The predicted octanol–water partition coefficient (Wildman–Crippen LogP) is 5.12. The quantitative estimate of drug-likeness (QED) is 0.712. The molecule has 0 radical (unpaired) electrons. The summed E-state index contributed by atoms with van der Waals surface area (Å²) in [6.07, 6.45) is 4.40. The Morgan fingerprint density at radius 1 is 1.10 bits per heavy atom. The number of hydrogen-bond donors (Lipinski definition) is 1. The minimum atomic E-state index is 0.330. The maximum absolute atomic E-state index is 3.68. The molecule has 0 saturated heterocycles. The van der Waals surface area contributed by atoms with Crippen LogP contribution >= 0.6 is 23.1 Å². The normalized spacial score (nSPS) is 12.6. The summed E-state index contributed by atoms with van der Waals surface area (Å²) in [5.74, 6) is 0. The summed E-state index contributed by atoms with van der Waals surface area (Å²) < 4.78 is 0. The Hall–Kier alpha value is -0.770. The van der Waals surface area contributed by atoms with Gasteiger partial charge in [-0.15, -0.1) is 23.1 Å². The molecule has 2 rings (SSSR count). The van der Waals surface area contributed by atoms with E-state index < -0.39 is 0 Å². The number of benzene rings is 1. The minimum absolute atomic E-state index is 0.330. The van der Waals surface area contributed by atoms with Gasteiger partial charge in [-0.05, 0) is 55.5 Å². The number of nitrogens with one attached hydrogen (secondary N) is 1. The van der Waals surface area contributed by atoms with Crippen LogP contribution in [-0.2, 0) is 6.42 Å². The summed E-state index contributed by atoms with van der Waals surface area (Å²) in [7, 11) is 0. The van der Waals surface area contributed by atoms with Crippen molar-refractivity contribution in [1.82, 2.24) is 5.32 Å². The van der Waals surface area contributed by atoms with Crippen molar-refractivity contribution < 1.29 is 0 Å². The standard InChI is InChI=1S/C17H23NS2/c1-4-12-18-17(16-11-10-14(5-2)20-16)13-6-8-15(19-3)9-7-13/h6-11,17-18H,4-5,12H2,1-3H3. The van der Waals surface area contributed by atoms with Crippen LogP contribution in [0.5, 0.6) is 0 Å². The van der Waals surface area contributed by atoms with E-state index in [2.05, 4.69) is 61.8 Å². The fraction of sp³-hybridized carbons (Fsp3) is 0.412. The Bertz CT molecular complexity index is 516. The highest BCUT2D eigenvalue weighted by molar-refractivity contribution is 7.98. The maximum atomic E-state index is 3.68. The molecule has 1 aromatic heterocycles. The second kappa shape index (κ2) is 7.87. The van der Waals surface area contributed by atoms with Crippen LogP contribution < -0.4 is 5.32 Å². The average molecular weight is 306 g/mol. The molecule has 2 aromatic rings. The summed E-state index contributed by atoms with van der Waals surface area (Å²) in [6.45, 7) is 5.48. The molecule has 1 nitrogen and oxygen atoms in total. The molecule has 1 unspecified atom stereocenters. The lowest BCUT2D eigenvalue weighted by Gasteiger charge is -2.18. The van der Waals surface area contributed by atoms with E-state index in [1.165, 1.54) is 20.2 Å². The first kappa shape index (κ1) is 15.6. The third kappa shape index (κ3) is 3.87. The zero-order valence-corrected chi connectivity index (χ0v) is 14.1. The molecule has 1 N–H and O–H groups in total. The van der Waals surface area contributed by atoms with Gasteiger partial charge in [-0.2, -0.15) is 0 Å². The first-order valence-corrected chi connectivity index (χ1v) is 9.28. The van der Waals surface area contributed by atoms with Crippen LogP contribution in [0, 0.1) is 0 Å². The van der Waals surface area contributed by atoms with Gasteiger partial charge in [-0.25, -0.2) is 0 Å². The van der Waals surface area contributed by atoms with Crippen molar-refractivity contribution in [3.63, 3.8) is 0 Å². The van der Waals surface area contributed by atoms with Crippen LogP contribution in [0.25, 0.3) is 0 Å². The minimum Gasteiger partial charge on any atom is -0.306 e. The molecular formula is C17H23NS2. The summed E-state index contributed by atoms with van der Waals surface area (Å²) in [5.41, 5.74) is 1.36. The second-order valence-corrected chi connectivity index (χ2v) is 6.90. The van der Waals surface area contributed by atoms with Crippen molar-refractivity contribution in [2.75, 3.05) is 12.8 Å². The Balaban J connectivity index is 2.25. The lowest BCUT2D eigenvalue weighted by Crippen LogP contribution is -2.22. The highest BCUT2D eigenvalue weighted by atomic mass is 32.2. The van der Waals surface area contributed by atoms with E-state index in [4.69, 9.17) is 0 Å². The zero-order chi connectivity index (χ0) is 14.4. The lowest BCUT2D eigenvalue weighted by molar-refractivity contribution is 0.605. The van der Waals surface area contributed by atoms with Gasteiger partial charge in [0, 0.05) is 14.6 Å². The summed E-state index contributed by atoms with van der Waals surface area (Å²) in [4.78, 5) is 4.21. The highest BCUT2D eigenvalue weighted by Crippen LogP contribution is 2.30. The molecule has 0 aliphatic carbocycles. The first-order valence-electron chi connectivity index (χ1n) is 7.24. The number of aryl methyl sites for hydroxylation is 1. The molecule has 0 aliphatic heterocycles. The van der Waals surface area contributed by atoms with Crippen molar-refractivity contribution in [2.24, 2.45) is 0 Å². The topological polar surface area (TPSA) is 12.0 Å². The molecule has 3 heteroatoms. The van der Waals surface area contributed by atoms with Crippen molar-refractivity contribution >= 4 is 23.1 Å². The Morgan fingerprint density at radius 2 is 1.85 bits per heavy atom. The molecule has 0 aliphatic rings. The number of hydrogen-bond acceptors (Lipinski definition) is 3. The largest absolute Gasteiger partial charge is 0.306 e. The van der Waals surface area contributed by atoms with Crippen LogP contribution in [0.4, 0.5) is 0 Å². The van der Waals surface area contributed by atoms with Crippen molar-refractivity contribution in [3.05, 3.63) is 51.7 Å². The molecule has 0 bridgehead atoms. The van der Waals surface area contributed by atoms with Crippen LogP contribution in [0.1, 0.15) is 41.6 Å². The zero-order valence-electron chi connectivity index (χ0n) is 12.5. The van der Waals surface area contributed by atoms with E-state index in [0.717, 1.165) is 19.4 Å². The van der Waals surface area contributed by atoms with E-state index in [-0.39, 0.29) is 0 Å². The molecule has 0 fully saturated rings. The van der Waals surface area contributed by atoms with E-state index in [1.54, 1.807) is 11.8 Å². The van der Waals surface area contributed by atoms with E-state index in [0.29, 0.717) is 6.04 Å². The number of thioether (sulfide) groups is 1. The fourth-order valence-corrected chi connectivity index (χ4v) is 3.67. The van der Waals surface area contributed by atoms with Crippen molar-refractivity contribution in [3.8, 4) is 0 Å². The smallest absolute Gasteiger partial charge is 0.0671 e. The third-order valence-electron chi connectivity index (χ3n) is 3.36. The summed E-state index contributed by atoms with van der Waals surface area (Å²) >= 11 is 3.72. The Labute approximate surface area is 130 Å². The molecule has 0 saturated carbocycles. The molecule has 0 amide bonds. The SMILES string of the molecule is CCCNC(c1ccc(SC)cc1)c1ccc(CC)s1. The van der Waals surface area contributed by atoms with E-state index in [1.807, 2.05) is 11.3 Å². The fourth-order valence-electron chi connectivity index (χ4n) is 2.21. The number of rotatable bonds is 7. The summed E-state index contributed by atoms with van der Waals surface area (Å²) in [5, 5.41) is 3.68. The maximum Gasteiger partial charge on any atom is 0.0671 e. The molecule has 1 aromatic carbocycles. The number of thiophene rings is 1. The van der Waals surface area contributed by atoms with Gasteiger partial charge in [0.1, 0.15) is 0 Å². The first-order chi connectivity index (χ1) is 9.78. The molecule has 0 spiro atoms. The van der Waals surface area contributed by atoms with Crippen LogP contribution in [-0.4, -0.2) is 12.8 Å². The Morgan fingerprint density at radius 3 is 2.40 bits per heavy atom. The van der Waals surface area contributed by atoms with Gasteiger partial charge in [-0.1, -0.05) is 26.0 Å². The van der Waals surface area contributed by atoms with E-state index >= 15 is 0 Å². The van der Waals surface area contributed by atoms with Crippen LogP contribution in [0.3, 0.4) is 0 Å². The van der Waals surface area contributed by atoms with Crippen molar-refractivity contribution in [2.45, 2.75) is 37.6 Å². The molecule has 108 valence electrons.